The minimum atomic E-state index is -0.525. The first-order valence-electron chi connectivity index (χ1n) is 8.77. The predicted octanol–water partition coefficient (Wildman–Crippen LogP) is 4.38. The van der Waals surface area contributed by atoms with E-state index in [1.165, 1.54) is 12.4 Å². The van der Waals surface area contributed by atoms with Gasteiger partial charge in [-0.1, -0.05) is 23.2 Å². The number of nitrogens with zero attached hydrogens (tertiary/aromatic N) is 2. The van der Waals surface area contributed by atoms with Gasteiger partial charge in [0.15, 0.2) is 0 Å². The van der Waals surface area contributed by atoms with Crippen molar-refractivity contribution < 1.29 is 19.1 Å². The average Bonchev–Trinajstić information content (AvgIpc) is 2.74. The Balaban J connectivity index is 1.80. The van der Waals surface area contributed by atoms with Gasteiger partial charge in [-0.25, -0.2) is 9.59 Å². The highest BCUT2D eigenvalue weighted by atomic mass is 35.5. The first-order chi connectivity index (χ1) is 14.0. The third-order valence-corrected chi connectivity index (χ3v) is 4.75. The van der Waals surface area contributed by atoms with Crippen molar-refractivity contribution in [3.05, 3.63) is 64.0 Å². The van der Waals surface area contributed by atoms with Crippen LogP contribution in [0.25, 0.3) is 10.9 Å². The number of anilines is 1. The van der Waals surface area contributed by atoms with Gasteiger partial charge in [0.2, 0.25) is 0 Å². The molecule has 2 heterocycles. The molecule has 0 saturated heterocycles. The molecule has 0 saturated carbocycles. The van der Waals surface area contributed by atoms with Gasteiger partial charge in [0.1, 0.15) is 12.2 Å². The molecule has 0 aliphatic carbocycles. The number of nitrogens with one attached hydrogen (secondary N) is 1. The van der Waals surface area contributed by atoms with Gasteiger partial charge in [0.05, 0.1) is 33.4 Å². The van der Waals surface area contributed by atoms with Crippen LogP contribution in [0.2, 0.25) is 10.0 Å². The minimum Gasteiger partial charge on any atom is -0.462 e. The number of esters is 2. The number of ether oxygens (including phenoxy) is 2. The number of carbonyl (C=O) groups excluding carboxylic acids is 2. The third kappa shape index (κ3) is 4.75. The van der Waals surface area contributed by atoms with E-state index in [1.54, 1.807) is 37.4 Å². The smallest absolute Gasteiger partial charge is 0.341 e. The molecule has 0 radical (unpaired) electrons. The summed E-state index contributed by atoms with van der Waals surface area (Å²) in [6, 6.07) is 6.60. The lowest BCUT2D eigenvalue weighted by molar-refractivity contribution is 0.0510. The van der Waals surface area contributed by atoms with Crippen molar-refractivity contribution in [3.8, 4) is 0 Å². The Bertz CT molecular complexity index is 1040. The zero-order valence-electron chi connectivity index (χ0n) is 15.4. The highest BCUT2D eigenvalue weighted by molar-refractivity contribution is 6.45. The fraction of sp³-hybridized carbons (Fsp3) is 0.200. The summed E-state index contributed by atoms with van der Waals surface area (Å²) in [4.78, 5) is 32.5. The van der Waals surface area contributed by atoms with Crippen LogP contribution in [0.15, 0.2) is 42.9 Å². The highest BCUT2D eigenvalue weighted by Crippen LogP contribution is 2.34. The summed E-state index contributed by atoms with van der Waals surface area (Å²) in [5, 5.41) is 4.35. The Kier molecular flexibility index (Phi) is 6.85. The van der Waals surface area contributed by atoms with Crippen molar-refractivity contribution >= 4 is 51.7 Å². The molecule has 0 fully saturated rings. The van der Waals surface area contributed by atoms with Crippen LogP contribution in [0, 0.1) is 0 Å². The van der Waals surface area contributed by atoms with Gasteiger partial charge in [-0.2, -0.15) is 0 Å². The maximum absolute atomic E-state index is 12.3. The number of fused-ring (bicyclic) bond motifs is 1. The van der Waals surface area contributed by atoms with Crippen LogP contribution in [-0.2, 0) is 9.47 Å². The standard InChI is InChI=1S/C20H17Cl2N3O4/c1-2-28-20(27)14-11-25-18-13(5-6-15(21)16(18)22)17(14)24-8-9-29-19(26)12-4-3-7-23-10-12/h3-7,10-11H,2,8-9H2,1H3,(H,24,25). The Morgan fingerprint density at radius 1 is 1.10 bits per heavy atom. The van der Waals surface area contributed by atoms with Crippen LogP contribution in [0.4, 0.5) is 5.69 Å². The van der Waals surface area contributed by atoms with E-state index in [0.717, 1.165) is 0 Å². The molecule has 0 unspecified atom stereocenters. The number of rotatable bonds is 7. The minimum absolute atomic E-state index is 0.0706. The van der Waals surface area contributed by atoms with Crippen molar-refractivity contribution in [3.63, 3.8) is 0 Å². The molecule has 3 rings (SSSR count). The third-order valence-electron chi connectivity index (χ3n) is 3.96. The molecule has 1 N–H and O–H groups in total. The summed E-state index contributed by atoms with van der Waals surface area (Å²) in [6.45, 7) is 2.26. The van der Waals surface area contributed by atoms with Crippen molar-refractivity contribution in [1.82, 2.24) is 9.97 Å². The van der Waals surface area contributed by atoms with Gasteiger partial charge in [-0.3, -0.25) is 9.97 Å². The second kappa shape index (κ2) is 9.54. The van der Waals surface area contributed by atoms with Crippen LogP contribution in [0.3, 0.4) is 0 Å². The first kappa shape index (κ1) is 20.8. The Hall–Kier alpha value is -2.90. The van der Waals surface area contributed by atoms with Crippen molar-refractivity contribution in [2.75, 3.05) is 25.1 Å². The first-order valence-corrected chi connectivity index (χ1v) is 9.53. The van der Waals surface area contributed by atoms with Gasteiger partial charge in [-0.05, 0) is 31.2 Å². The Morgan fingerprint density at radius 3 is 2.66 bits per heavy atom. The molecule has 29 heavy (non-hydrogen) atoms. The molecule has 1 aromatic carbocycles. The van der Waals surface area contributed by atoms with E-state index in [1.807, 2.05) is 0 Å². The van der Waals surface area contributed by atoms with Gasteiger partial charge < -0.3 is 14.8 Å². The lowest BCUT2D eigenvalue weighted by Gasteiger charge is -2.15. The second-order valence-corrected chi connectivity index (χ2v) is 6.61. The molecule has 7 nitrogen and oxygen atoms in total. The summed E-state index contributed by atoms with van der Waals surface area (Å²) in [5.41, 5.74) is 1.53. The van der Waals surface area contributed by atoms with Crippen LogP contribution in [-0.4, -0.2) is 41.7 Å². The van der Waals surface area contributed by atoms with E-state index in [9.17, 15) is 9.59 Å². The van der Waals surface area contributed by atoms with E-state index in [-0.39, 0.29) is 30.3 Å². The van der Waals surface area contributed by atoms with Crippen molar-refractivity contribution in [1.29, 1.82) is 0 Å². The molecule has 3 aromatic rings. The van der Waals surface area contributed by atoms with E-state index in [4.69, 9.17) is 32.7 Å². The number of halogens is 2. The van der Waals surface area contributed by atoms with E-state index in [0.29, 0.717) is 27.2 Å². The van der Waals surface area contributed by atoms with Crippen LogP contribution in [0.5, 0.6) is 0 Å². The lowest BCUT2D eigenvalue weighted by atomic mass is 10.1. The number of hydrogen-bond donors (Lipinski definition) is 1. The average molecular weight is 434 g/mol. The molecule has 9 heteroatoms. The SMILES string of the molecule is CCOC(=O)c1cnc2c(Cl)c(Cl)ccc2c1NCCOC(=O)c1cccnc1. The van der Waals surface area contributed by atoms with Crippen LogP contribution in [0.1, 0.15) is 27.6 Å². The molecule has 0 spiro atoms. The van der Waals surface area contributed by atoms with Gasteiger partial charge in [0, 0.05) is 30.5 Å². The molecule has 0 amide bonds. The summed E-state index contributed by atoms with van der Waals surface area (Å²) >= 11 is 12.3. The van der Waals surface area contributed by atoms with Crippen molar-refractivity contribution in [2.45, 2.75) is 6.92 Å². The summed E-state index contributed by atoms with van der Waals surface area (Å²) in [7, 11) is 0. The Labute approximate surface area is 177 Å². The molecule has 0 atom stereocenters. The summed E-state index contributed by atoms with van der Waals surface area (Å²) in [5.74, 6) is -1.01. The zero-order chi connectivity index (χ0) is 20.8. The largest absolute Gasteiger partial charge is 0.462 e. The fourth-order valence-electron chi connectivity index (χ4n) is 2.65. The lowest BCUT2D eigenvalue weighted by Crippen LogP contribution is -2.17. The molecule has 0 bridgehead atoms. The Morgan fingerprint density at radius 2 is 1.93 bits per heavy atom. The highest BCUT2D eigenvalue weighted by Gasteiger charge is 2.18. The number of carbonyl (C=O) groups is 2. The normalized spacial score (nSPS) is 10.6. The second-order valence-electron chi connectivity index (χ2n) is 5.83. The monoisotopic (exact) mass is 433 g/mol. The number of pyridine rings is 2. The van der Waals surface area contributed by atoms with Gasteiger partial charge >= 0.3 is 11.9 Å². The maximum Gasteiger partial charge on any atom is 0.341 e. The number of hydrogen-bond acceptors (Lipinski definition) is 7. The molecule has 0 aliphatic rings. The zero-order valence-corrected chi connectivity index (χ0v) is 17.0. The summed E-state index contributed by atoms with van der Waals surface area (Å²) < 4.78 is 10.3. The predicted molar refractivity (Wildman–Crippen MR) is 111 cm³/mol. The van der Waals surface area contributed by atoms with E-state index >= 15 is 0 Å². The van der Waals surface area contributed by atoms with E-state index in [2.05, 4.69) is 15.3 Å². The summed E-state index contributed by atoms with van der Waals surface area (Å²) in [6.07, 6.45) is 4.38. The van der Waals surface area contributed by atoms with Gasteiger partial charge in [-0.15, -0.1) is 0 Å². The molecular weight excluding hydrogens is 417 g/mol. The fourth-order valence-corrected chi connectivity index (χ4v) is 3.01. The number of benzene rings is 1. The van der Waals surface area contributed by atoms with E-state index < -0.39 is 11.9 Å². The molecule has 150 valence electrons. The van der Waals surface area contributed by atoms with Gasteiger partial charge in [0.25, 0.3) is 0 Å². The maximum atomic E-state index is 12.3. The number of aromatic nitrogens is 2. The van der Waals surface area contributed by atoms with Crippen LogP contribution < -0.4 is 5.32 Å². The molecular formula is C20H17Cl2N3O4. The van der Waals surface area contributed by atoms with Crippen molar-refractivity contribution in [2.24, 2.45) is 0 Å². The van der Waals surface area contributed by atoms with Crippen LogP contribution >= 0.6 is 23.2 Å². The molecule has 2 aromatic heterocycles. The quantitative estimate of drug-likeness (QED) is 0.436. The topological polar surface area (TPSA) is 90.4 Å². The molecule has 0 aliphatic heterocycles.